The molecule has 3 rings (SSSR count). The molecule has 0 bridgehead atoms. The average Bonchev–Trinajstić information content (AvgIpc) is 2.71. The Hall–Kier alpha value is -2.04. The number of aliphatic imine (C=N–C) groups is 1. The van der Waals surface area contributed by atoms with Gasteiger partial charge in [0, 0.05) is 33.2 Å². The summed E-state index contributed by atoms with van der Waals surface area (Å²) < 4.78 is 0. The van der Waals surface area contributed by atoms with Gasteiger partial charge in [-0.3, -0.25) is 9.79 Å². The number of nitrogens with one attached hydrogen (secondary N) is 1. The summed E-state index contributed by atoms with van der Waals surface area (Å²) in [6, 6.07) is 10.7. The van der Waals surface area contributed by atoms with E-state index in [4.69, 9.17) is 0 Å². The Kier molecular flexibility index (Phi) is 7.13. The van der Waals surface area contributed by atoms with Gasteiger partial charge in [0.2, 0.25) is 5.91 Å². The lowest BCUT2D eigenvalue weighted by molar-refractivity contribution is -0.131. The van der Waals surface area contributed by atoms with Crippen molar-refractivity contribution >= 4 is 11.9 Å². The molecule has 0 spiro atoms. The van der Waals surface area contributed by atoms with E-state index in [1.165, 1.54) is 18.4 Å². The third-order valence-electron chi connectivity index (χ3n) is 6.03. The van der Waals surface area contributed by atoms with E-state index in [2.05, 4.69) is 52.5 Å². The minimum atomic E-state index is 0.194. The summed E-state index contributed by atoms with van der Waals surface area (Å²) in [7, 11) is 1.81. The lowest BCUT2D eigenvalue weighted by atomic mass is 9.90. The normalized spacial score (nSPS) is 20.0. The van der Waals surface area contributed by atoms with Gasteiger partial charge in [-0.15, -0.1) is 0 Å². The molecule has 0 atom stereocenters. The molecule has 2 saturated heterocycles. The molecule has 5 nitrogen and oxygen atoms in total. The second-order valence-corrected chi connectivity index (χ2v) is 8.08. The average molecular weight is 371 g/mol. The standard InChI is InChI=1S/C22H34N4O/c1-18-8-12-26(13-9-18)22(23-2)24-17-21(27)25-14-10-20(11-15-25)16-19-6-4-3-5-7-19/h3-7,18,20H,8-17H2,1-2H3,(H,23,24). The first-order valence-electron chi connectivity index (χ1n) is 10.4. The van der Waals surface area contributed by atoms with Crippen molar-refractivity contribution in [2.24, 2.45) is 16.8 Å². The van der Waals surface area contributed by atoms with Gasteiger partial charge in [-0.25, -0.2) is 0 Å². The lowest BCUT2D eigenvalue weighted by Crippen LogP contribution is -2.49. The summed E-state index contributed by atoms with van der Waals surface area (Å²) in [5.74, 6) is 2.54. The van der Waals surface area contributed by atoms with Gasteiger partial charge in [0.25, 0.3) is 0 Å². The number of piperidine rings is 2. The zero-order valence-corrected chi connectivity index (χ0v) is 16.9. The molecule has 0 saturated carbocycles. The molecule has 0 radical (unpaired) electrons. The molecule has 27 heavy (non-hydrogen) atoms. The van der Waals surface area contributed by atoms with Crippen LogP contribution in [-0.4, -0.2) is 61.4 Å². The SMILES string of the molecule is CN=C(NCC(=O)N1CCC(Cc2ccccc2)CC1)N1CCC(C)CC1. The van der Waals surface area contributed by atoms with Crippen LogP contribution in [0.5, 0.6) is 0 Å². The number of likely N-dealkylation sites (tertiary alicyclic amines) is 2. The molecule has 1 amide bonds. The van der Waals surface area contributed by atoms with Crippen molar-refractivity contribution in [3.8, 4) is 0 Å². The van der Waals surface area contributed by atoms with Crippen LogP contribution in [0.3, 0.4) is 0 Å². The zero-order valence-electron chi connectivity index (χ0n) is 16.9. The highest BCUT2D eigenvalue weighted by Gasteiger charge is 2.24. The van der Waals surface area contributed by atoms with Gasteiger partial charge in [0.15, 0.2) is 5.96 Å². The van der Waals surface area contributed by atoms with E-state index >= 15 is 0 Å². The highest BCUT2D eigenvalue weighted by atomic mass is 16.2. The van der Waals surface area contributed by atoms with Gasteiger partial charge >= 0.3 is 0 Å². The third kappa shape index (κ3) is 5.72. The van der Waals surface area contributed by atoms with Gasteiger partial charge in [0.05, 0.1) is 6.54 Å². The largest absolute Gasteiger partial charge is 0.347 e. The Morgan fingerprint density at radius 3 is 2.30 bits per heavy atom. The fraction of sp³-hybridized carbons (Fsp3) is 0.636. The summed E-state index contributed by atoms with van der Waals surface area (Å²) in [6.45, 7) is 6.45. The molecule has 2 heterocycles. The smallest absolute Gasteiger partial charge is 0.241 e. The molecule has 1 aromatic carbocycles. The highest BCUT2D eigenvalue weighted by Crippen LogP contribution is 2.21. The fourth-order valence-electron chi connectivity index (χ4n) is 4.15. The summed E-state index contributed by atoms with van der Waals surface area (Å²) in [4.78, 5) is 21.3. The molecule has 2 fully saturated rings. The first-order chi connectivity index (χ1) is 13.2. The van der Waals surface area contributed by atoms with Crippen molar-refractivity contribution in [3.05, 3.63) is 35.9 Å². The van der Waals surface area contributed by atoms with Gasteiger partial charge < -0.3 is 15.1 Å². The zero-order chi connectivity index (χ0) is 19.1. The number of carbonyl (C=O) groups excluding carboxylic acids is 1. The second kappa shape index (κ2) is 9.77. The Labute approximate surface area is 163 Å². The Bertz CT molecular complexity index is 614. The van der Waals surface area contributed by atoms with Gasteiger partial charge in [-0.2, -0.15) is 0 Å². The predicted molar refractivity (Wildman–Crippen MR) is 111 cm³/mol. The number of amides is 1. The van der Waals surface area contributed by atoms with E-state index < -0.39 is 0 Å². The van der Waals surface area contributed by atoms with Crippen molar-refractivity contribution in [3.63, 3.8) is 0 Å². The van der Waals surface area contributed by atoms with Crippen LogP contribution in [-0.2, 0) is 11.2 Å². The number of nitrogens with zero attached hydrogens (tertiary/aromatic N) is 3. The highest BCUT2D eigenvalue weighted by molar-refractivity contribution is 5.86. The fourth-order valence-corrected chi connectivity index (χ4v) is 4.15. The first-order valence-corrected chi connectivity index (χ1v) is 10.4. The molecule has 1 aromatic rings. The number of hydrogen-bond acceptors (Lipinski definition) is 2. The quantitative estimate of drug-likeness (QED) is 0.655. The molecular weight excluding hydrogens is 336 g/mol. The molecule has 5 heteroatoms. The van der Waals surface area contributed by atoms with E-state index in [-0.39, 0.29) is 5.91 Å². The third-order valence-corrected chi connectivity index (χ3v) is 6.03. The van der Waals surface area contributed by atoms with Gasteiger partial charge in [0.1, 0.15) is 0 Å². The minimum Gasteiger partial charge on any atom is -0.347 e. The minimum absolute atomic E-state index is 0.194. The summed E-state index contributed by atoms with van der Waals surface area (Å²) >= 11 is 0. The Balaban J connectivity index is 1.40. The van der Waals surface area contributed by atoms with Crippen molar-refractivity contribution in [1.29, 1.82) is 0 Å². The van der Waals surface area contributed by atoms with Crippen LogP contribution < -0.4 is 5.32 Å². The monoisotopic (exact) mass is 370 g/mol. The first kappa shape index (κ1) is 19.7. The van der Waals surface area contributed by atoms with E-state index in [1.807, 2.05) is 4.90 Å². The van der Waals surface area contributed by atoms with E-state index in [9.17, 15) is 4.79 Å². The van der Waals surface area contributed by atoms with E-state index in [1.54, 1.807) is 7.05 Å². The van der Waals surface area contributed by atoms with Gasteiger partial charge in [-0.1, -0.05) is 37.3 Å². The number of carbonyl (C=O) groups is 1. The summed E-state index contributed by atoms with van der Waals surface area (Å²) in [5.41, 5.74) is 1.41. The van der Waals surface area contributed by atoms with Crippen molar-refractivity contribution < 1.29 is 4.79 Å². The molecular formula is C22H34N4O. The lowest BCUT2D eigenvalue weighted by Gasteiger charge is -2.34. The van der Waals surface area contributed by atoms with Crippen LogP contribution in [0.15, 0.2) is 35.3 Å². The van der Waals surface area contributed by atoms with Gasteiger partial charge in [-0.05, 0) is 49.5 Å². The summed E-state index contributed by atoms with van der Waals surface area (Å²) in [5, 5.41) is 3.29. The van der Waals surface area contributed by atoms with Crippen LogP contribution in [0.1, 0.15) is 38.2 Å². The van der Waals surface area contributed by atoms with Crippen LogP contribution >= 0.6 is 0 Å². The number of guanidine groups is 1. The molecule has 2 aliphatic rings. The van der Waals surface area contributed by atoms with Crippen molar-refractivity contribution in [1.82, 2.24) is 15.1 Å². The molecule has 0 aliphatic carbocycles. The Morgan fingerprint density at radius 1 is 1.04 bits per heavy atom. The number of hydrogen-bond donors (Lipinski definition) is 1. The maximum atomic E-state index is 12.6. The van der Waals surface area contributed by atoms with Crippen LogP contribution in [0.4, 0.5) is 0 Å². The Morgan fingerprint density at radius 2 is 1.67 bits per heavy atom. The van der Waals surface area contributed by atoms with E-state index in [0.29, 0.717) is 12.5 Å². The summed E-state index contributed by atoms with van der Waals surface area (Å²) in [6.07, 6.45) is 5.72. The molecule has 2 aliphatic heterocycles. The van der Waals surface area contributed by atoms with Crippen molar-refractivity contribution in [2.45, 2.75) is 39.0 Å². The molecule has 0 aromatic heterocycles. The second-order valence-electron chi connectivity index (χ2n) is 8.08. The van der Waals surface area contributed by atoms with Crippen LogP contribution in [0.25, 0.3) is 0 Å². The number of benzene rings is 1. The molecule has 148 valence electrons. The van der Waals surface area contributed by atoms with E-state index in [0.717, 1.165) is 57.3 Å². The maximum absolute atomic E-state index is 12.6. The van der Waals surface area contributed by atoms with Crippen LogP contribution in [0.2, 0.25) is 0 Å². The van der Waals surface area contributed by atoms with Crippen molar-refractivity contribution in [2.75, 3.05) is 39.8 Å². The predicted octanol–water partition coefficient (Wildman–Crippen LogP) is 2.78. The topological polar surface area (TPSA) is 47.9 Å². The van der Waals surface area contributed by atoms with Crippen LogP contribution in [0, 0.1) is 11.8 Å². The number of rotatable bonds is 4. The molecule has 1 N–H and O–H groups in total. The molecule has 0 unspecified atom stereocenters. The maximum Gasteiger partial charge on any atom is 0.241 e.